The maximum absolute atomic E-state index is 13.8. The van der Waals surface area contributed by atoms with E-state index in [1.165, 1.54) is 16.2 Å². The zero-order valence-corrected chi connectivity index (χ0v) is 26.2. The number of halogens is 1. The molecule has 0 radical (unpaired) electrons. The molecule has 244 valence electrons. The lowest BCUT2D eigenvalue weighted by Crippen LogP contribution is -2.59. The molecule has 0 spiro atoms. The van der Waals surface area contributed by atoms with Crippen LogP contribution < -0.4 is 22.1 Å². The SMILES string of the molecule is NC(=O)CC[C@H](CC(=O)[C@H](Cc1csc2ccccc12)NC(=O)[C@@H]1CCCCN1C(=O)[C@H](CCC(=O)O)NC(=O)CCl)C(N)=O. The maximum Gasteiger partial charge on any atom is 0.303 e. The Hall–Kier alpha value is -4.04. The molecule has 1 saturated heterocycles. The average Bonchev–Trinajstić information content (AvgIpc) is 3.42. The predicted molar refractivity (Wildman–Crippen MR) is 167 cm³/mol. The second-order valence-corrected chi connectivity index (χ2v) is 12.2. The first-order chi connectivity index (χ1) is 21.4. The van der Waals surface area contributed by atoms with E-state index in [1.54, 1.807) is 0 Å². The normalized spacial score (nSPS) is 16.7. The van der Waals surface area contributed by atoms with E-state index in [-0.39, 0.29) is 45.1 Å². The van der Waals surface area contributed by atoms with E-state index in [2.05, 4.69) is 10.6 Å². The number of primary amides is 2. The van der Waals surface area contributed by atoms with Crippen molar-refractivity contribution in [3.05, 3.63) is 35.2 Å². The zero-order chi connectivity index (χ0) is 33.1. The summed E-state index contributed by atoms with van der Waals surface area (Å²) in [6, 6.07) is 4.27. The number of nitrogens with zero attached hydrogens (tertiary/aromatic N) is 1. The fourth-order valence-corrected chi connectivity index (χ4v) is 6.45. The quantitative estimate of drug-likeness (QED) is 0.155. The lowest BCUT2D eigenvalue weighted by molar-refractivity contribution is -0.146. The number of benzene rings is 1. The number of alkyl halides is 1. The summed E-state index contributed by atoms with van der Waals surface area (Å²) in [6.07, 6.45) is 0.476. The lowest BCUT2D eigenvalue weighted by Gasteiger charge is -2.37. The molecule has 2 aromatic rings. The summed E-state index contributed by atoms with van der Waals surface area (Å²) < 4.78 is 0.983. The van der Waals surface area contributed by atoms with Gasteiger partial charge in [0.15, 0.2) is 5.78 Å². The van der Waals surface area contributed by atoms with E-state index in [4.69, 9.17) is 28.2 Å². The number of thiophene rings is 1. The molecule has 0 aliphatic carbocycles. The Balaban J connectivity index is 1.87. The molecular weight excluding hydrogens is 626 g/mol. The summed E-state index contributed by atoms with van der Waals surface area (Å²) >= 11 is 7.08. The first kappa shape index (κ1) is 35.4. The number of rotatable bonds is 17. The standard InChI is InChI=1S/C30H38ClN5O8S/c31-15-26(39)34-20(9-11-27(40)41)30(44)36-12-4-3-6-22(36)29(43)35-21(13-18-16-45-24-7-2-1-5-19(18)24)23(37)14-17(28(33)42)8-10-25(32)38/h1-2,5,7,16-17,20-22H,3-4,6,8-15H2,(H2,32,38)(H2,33,42)(H,34,39)(H,35,43)(H,40,41)/t17-,20+,21+,22+/m1/s1. The number of nitrogens with one attached hydrogen (secondary N) is 2. The van der Waals surface area contributed by atoms with E-state index < -0.39 is 77.6 Å². The second-order valence-electron chi connectivity index (χ2n) is 11.0. The molecule has 1 aromatic heterocycles. The van der Waals surface area contributed by atoms with Crippen molar-refractivity contribution in [2.75, 3.05) is 12.4 Å². The Labute approximate surface area is 269 Å². The molecule has 15 heteroatoms. The fourth-order valence-electron chi connectivity index (χ4n) is 5.40. The molecule has 1 aromatic carbocycles. The monoisotopic (exact) mass is 663 g/mol. The Morgan fingerprint density at radius 2 is 1.73 bits per heavy atom. The number of nitrogens with two attached hydrogens (primary N) is 2. The topological polar surface area (TPSA) is 219 Å². The van der Waals surface area contributed by atoms with E-state index in [0.29, 0.717) is 12.8 Å². The van der Waals surface area contributed by atoms with Crippen LogP contribution in [-0.4, -0.2) is 81.8 Å². The molecule has 0 bridgehead atoms. The number of carboxylic acids is 1. The van der Waals surface area contributed by atoms with Gasteiger partial charge in [-0.15, -0.1) is 22.9 Å². The van der Waals surface area contributed by atoms with Gasteiger partial charge in [0.05, 0.1) is 6.04 Å². The van der Waals surface area contributed by atoms with Crippen molar-refractivity contribution in [2.24, 2.45) is 17.4 Å². The third kappa shape index (κ3) is 10.2. The van der Waals surface area contributed by atoms with Crippen LogP contribution in [0.25, 0.3) is 10.1 Å². The number of hydrogen-bond donors (Lipinski definition) is 5. The molecule has 4 atom stereocenters. The van der Waals surface area contributed by atoms with Gasteiger partial charge in [0, 0.05) is 42.8 Å². The smallest absolute Gasteiger partial charge is 0.303 e. The van der Waals surface area contributed by atoms with Gasteiger partial charge in [-0.3, -0.25) is 33.6 Å². The Morgan fingerprint density at radius 3 is 2.40 bits per heavy atom. The van der Waals surface area contributed by atoms with Gasteiger partial charge in [-0.2, -0.15) is 0 Å². The van der Waals surface area contributed by atoms with Gasteiger partial charge in [0.1, 0.15) is 18.0 Å². The number of likely N-dealkylation sites (tertiary alicyclic amines) is 1. The fraction of sp³-hybridized carbons (Fsp3) is 0.500. The second kappa shape index (κ2) is 16.9. The van der Waals surface area contributed by atoms with Crippen LogP contribution in [0.5, 0.6) is 0 Å². The number of carbonyl (C=O) groups is 7. The number of Topliss-reactive ketones (excluding diaryl/α,β-unsaturated/α-hetero) is 1. The van der Waals surface area contributed by atoms with Crippen molar-refractivity contribution >= 4 is 74.3 Å². The van der Waals surface area contributed by atoms with Crippen molar-refractivity contribution in [3.63, 3.8) is 0 Å². The Morgan fingerprint density at radius 1 is 1.00 bits per heavy atom. The van der Waals surface area contributed by atoms with Crippen LogP contribution in [0.4, 0.5) is 0 Å². The minimum atomic E-state index is -1.21. The Bertz CT molecular complexity index is 1430. The number of amides is 5. The number of hydrogen-bond acceptors (Lipinski definition) is 8. The van der Waals surface area contributed by atoms with Crippen LogP contribution in [0.3, 0.4) is 0 Å². The van der Waals surface area contributed by atoms with Gasteiger partial charge in [-0.1, -0.05) is 18.2 Å². The van der Waals surface area contributed by atoms with E-state index in [0.717, 1.165) is 15.6 Å². The predicted octanol–water partition coefficient (Wildman–Crippen LogP) is 1.22. The zero-order valence-electron chi connectivity index (χ0n) is 24.7. The molecule has 5 amide bonds. The summed E-state index contributed by atoms with van der Waals surface area (Å²) in [4.78, 5) is 89.1. The maximum atomic E-state index is 13.8. The highest BCUT2D eigenvalue weighted by Gasteiger charge is 2.38. The molecule has 2 heterocycles. The van der Waals surface area contributed by atoms with Crippen LogP contribution in [0.1, 0.15) is 56.9 Å². The summed E-state index contributed by atoms with van der Waals surface area (Å²) in [7, 11) is 0. The highest BCUT2D eigenvalue weighted by atomic mass is 35.5. The van der Waals surface area contributed by atoms with Crippen molar-refractivity contribution in [1.82, 2.24) is 15.5 Å². The number of piperidine rings is 1. The van der Waals surface area contributed by atoms with Gasteiger partial charge in [0.25, 0.3) is 0 Å². The van der Waals surface area contributed by atoms with Crippen LogP contribution in [0.2, 0.25) is 0 Å². The highest BCUT2D eigenvalue weighted by molar-refractivity contribution is 7.17. The number of fused-ring (bicyclic) bond motifs is 1. The molecule has 7 N–H and O–H groups in total. The van der Waals surface area contributed by atoms with Crippen LogP contribution in [0, 0.1) is 5.92 Å². The van der Waals surface area contributed by atoms with Crippen molar-refractivity contribution in [1.29, 1.82) is 0 Å². The number of carboxylic acid groups (broad SMARTS) is 1. The van der Waals surface area contributed by atoms with E-state index in [1.807, 2.05) is 29.6 Å². The first-order valence-corrected chi connectivity index (χ1v) is 16.1. The van der Waals surface area contributed by atoms with Gasteiger partial charge in [-0.05, 0) is 54.5 Å². The molecule has 13 nitrogen and oxygen atoms in total. The minimum Gasteiger partial charge on any atom is -0.481 e. The number of aliphatic carboxylic acids is 1. The average molecular weight is 664 g/mol. The van der Waals surface area contributed by atoms with Crippen molar-refractivity contribution < 1.29 is 38.7 Å². The first-order valence-electron chi connectivity index (χ1n) is 14.6. The molecule has 45 heavy (non-hydrogen) atoms. The molecule has 3 rings (SSSR count). The van der Waals surface area contributed by atoms with Gasteiger partial charge >= 0.3 is 5.97 Å². The van der Waals surface area contributed by atoms with E-state index in [9.17, 15) is 33.6 Å². The van der Waals surface area contributed by atoms with Gasteiger partial charge < -0.3 is 32.1 Å². The van der Waals surface area contributed by atoms with Crippen LogP contribution in [-0.2, 0) is 40.0 Å². The Kier molecular flexibility index (Phi) is 13.3. The summed E-state index contributed by atoms with van der Waals surface area (Å²) in [5.74, 6) is -6.35. The van der Waals surface area contributed by atoms with Crippen LogP contribution >= 0.6 is 22.9 Å². The minimum absolute atomic E-state index is 0.0187. The van der Waals surface area contributed by atoms with Gasteiger partial charge in [-0.25, -0.2) is 0 Å². The molecule has 1 aliphatic rings. The van der Waals surface area contributed by atoms with Crippen LogP contribution in [0.15, 0.2) is 29.6 Å². The number of ketones is 1. The highest BCUT2D eigenvalue weighted by Crippen LogP contribution is 2.28. The lowest BCUT2D eigenvalue weighted by atomic mass is 9.90. The third-order valence-corrected chi connectivity index (χ3v) is 9.02. The summed E-state index contributed by atoms with van der Waals surface area (Å²) in [5.41, 5.74) is 11.5. The molecular formula is C30H38ClN5O8S. The third-order valence-electron chi connectivity index (χ3n) is 7.77. The molecule has 0 saturated carbocycles. The van der Waals surface area contributed by atoms with E-state index >= 15 is 0 Å². The molecule has 1 fully saturated rings. The van der Waals surface area contributed by atoms with Crippen molar-refractivity contribution in [2.45, 2.75) is 75.9 Å². The summed E-state index contributed by atoms with van der Waals surface area (Å²) in [6.45, 7) is 0.182. The van der Waals surface area contributed by atoms with Crippen molar-refractivity contribution in [3.8, 4) is 0 Å². The summed E-state index contributed by atoms with van der Waals surface area (Å²) in [5, 5.41) is 17.2. The molecule has 0 unspecified atom stereocenters. The van der Waals surface area contributed by atoms with Gasteiger partial charge in [0.2, 0.25) is 29.5 Å². The number of carbonyl (C=O) groups excluding carboxylic acids is 6. The largest absolute Gasteiger partial charge is 0.481 e. The molecule has 1 aliphatic heterocycles.